The predicted molar refractivity (Wildman–Crippen MR) is 66.9 cm³/mol. The Labute approximate surface area is 102 Å². The van der Waals surface area contributed by atoms with E-state index in [2.05, 4.69) is 5.32 Å². The second-order valence-corrected chi connectivity index (χ2v) is 4.13. The van der Waals surface area contributed by atoms with Gasteiger partial charge in [0.25, 0.3) is 5.91 Å². The average Bonchev–Trinajstić information content (AvgIpc) is 2.81. The molecule has 2 rings (SSSR count). The number of anilines is 1. The van der Waals surface area contributed by atoms with Gasteiger partial charge >= 0.3 is 0 Å². The van der Waals surface area contributed by atoms with E-state index in [0.29, 0.717) is 11.3 Å². The fraction of sp³-hybridized carbons (Fsp3) is 0.0833. The van der Waals surface area contributed by atoms with Crippen LogP contribution in [-0.4, -0.2) is 18.1 Å². The summed E-state index contributed by atoms with van der Waals surface area (Å²) in [6.07, 6.45) is 0. The van der Waals surface area contributed by atoms with Gasteiger partial charge in [0.15, 0.2) is 11.5 Å². The minimum absolute atomic E-state index is 0.0505. The third-order valence-electron chi connectivity index (χ3n) is 2.22. The number of methoxy groups -OCH3 is 1. The first-order valence-electron chi connectivity index (χ1n) is 4.91. The number of ether oxygens (including phenoxy) is 1. The standard InChI is InChI=1S/C12H11NO3S/c1-16-11-3-2-8(6-10(11)14)12(15)13-9-4-5-17-7-9/h2-7,14H,1H3,(H,13,15). The summed E-state index contributed by atoms with van der Waals surface area (Å²) in [6, 6.07) is 6.34. The molecule has 1 aromatic carbocycles. The Hall–Kier alpha value is -2.01. The van der Waals surface area contributed by atoms with Gasteiger partial charge in [0.1, 0.15) is 0 Å². The highest BCUT2D eigenvalue weighted by Gasteiger charge is 2.09. The number of nitrogens with one attached hydrogen (secondary N) is 1. The molecule has 0 fully saturated rings. The molecule has 0 spiro atoms. The fourth-order valence-electron chi connectivity index (χ4n) is 1.37. The van der Waals surface area contributed by atoms with E-state index in [0.717, 1.165) is 5.69 Å². The third kappa shape index (κ3) is 2.57. The van der Waals surface area contributed by atoms with E-state index in [1.165, 1.54) is 24.5 Å². The Kier molecular flexibility index (Phi) is 3.30. The molecular formula is C12H11NO3S. The molecule has 0 unspecified atom stereocenters. The summed E-state index contributed by atoms with van der Waals surface area (Å²) in [5.74, 6) is 0.0314. The van der Waals surface area contributed by atoms with Crippen LogP contribution in [0.5, 0.6) is 11.5 Å². The van der Waals surface area contributed by atoms with Crippen molar-refractivity contribution in [3.8, 4) is 11.5 Å². The largest absolute Gasteiger partial charge is 0.504 e. The molecule has 0 aliphatic heterocycles. The number of phenolic OH excluding ortho intramolecular Hbond substituents is 1. The van der Waals surface area contributed by atoms with Gasteiger partial charge < -0.3 is 15.2 Å². The normalized spacial score (nSPS) is 9.94. The molecular weight excluding hydrogens is 238 g/mol. The molecule has 17 heavy (non-hydrogen) atoms. The van der Waals surface area contributed by atoms with Crippen molar-refractivity contribution < 1.29 is 14.6 Å². The summed E-state index contributed by atoms with van der Waals surface area (Å²) >= 11 is 1.50. The van der Waals surface area contributed by atoms with Crippen molar-refractivity contribution in [1.29, 1.82) is 0 Å². The maximum atomic E-state index is 11.8. The number of benzene rings is 1. The minimum Gasteiger partial charge on any atom is -0.504 e. The number of phenols is 1. The molecule has 0 aliphatic rings. The first-order valence-corrected chi connectivity index (χ1v) is 5.85. The summed E-state index contributed by atoms with van der Waals surface area (Å²) in [5, 5.41) is 16.0. The van der Waals surface area contributed by atoms with Crippen molar-refractivity contribution in [3.63, 3.8) is 0 Å². The quantitative estimate of drug-likeness (QED) is 0.879. The number of hydrogen-bond donors (Lipinski definition) is 2. The van der Waals surface area contributed by atoms with Crippen molar-refractivity contribution in [1.82, 2.24) is 0 Å². The van der Waals surface area contributed by atoms with E-state index >= 15 is 0 Å². The lowest BCUT2D eigenvalue weighted by molar-refractivity contribution is 0.102. The lowest BCUT2D eigenvalue weighted by Crippen LogP contribution is -2.11. The van der Waals surface area contributed by atoms with Gasteiger partial charge in [-0.2, -0.15) is 11.3 Å². The highest BCUT2D eigenvalue weighted by atomic mass is 32.1. The molecule has 4 nitrogen and oxygen atoms in total. The molecule has 0 saturated heterocycles. The van der Waals surface area contributed by atoms with Crippen LogP contribution in [0, 0.1) is 0 Å². The van der Waals surface area contributed by atoms with Crippen molar-refractivity contribution in [2.24, 2.45) is 0 Å². The molecule has 2 aromatic rings. The first-order chi connectivity index (χ1) is 8.20. The van der Waals surface area contributed by atoms with Crippen LogP contribution in [0.2, 0.25) is 0 Å². The molecule has 0 radical (unpaired) electrons. The van der Waals surface area contributed by atoms with Crippen LogP contribution < -0.4 is 10.1 Å². The van der Waals surface area contributed by atoms with E-state index in [1.54, 1.807) is 12.1 Å². The Balaban J connectivity index is 2.17. The maximum Gasteiger partial charge on any atom is 0.255 e. The third-order valence-corrected chi connectivity index (χ3v) is 2.90. The summed E-state index contributed by atoms with van der Waals surface area (Å²) in [4.78, 5) is 11.8. The van der Waals surface area contributed by atoms with E-state index in [4.69, 9.17) is 4.74 Å². The number of amides is 1. The van der Waals surface area contributed by atoms with Gasteiger partial charge in [-0.3, -0.25) is 4.79 Å². The Bertz CT molecular complexity index is 523. The molecule has 1 amide bonds. The van der Waals surface area contributed by atoms with Gasteiger partial charge in [0, 0.05) is 10.9 Å². The molecule has 0 aliphatic carbocycles. The summed E-state index contributed by atoms with van der Waals surface area (Å²) in [6.45, 7) is 0. The molecule has 0 bridgehead atoms. The van der Waals surface area contributed by atoms with Gasteiger partial charge in [0.2, 0.25) is 0 Å². The van der Waals surface area contributed by atoms with Gasteiger partial charge in [-0.25, -0.2) is 0 Å². The zero-order valence-corrected chi connectivity index (χ0v) is 9.95. The minimum atomic E-state index is -0.263. The number of aromatic hydroxyl groups is 1. The summed E-state index contributed by atoms with van der Waals surface area (Å²) in [7, 11) is 1.46. The Morgan fingerprint density at radius 2 is 2.24 bits per heavy atom. The Morgan fingerprint density at radius 3 is 2.82 bits per heavy atom. The van der Waals surface area contributed by atoms with Crippen LogP contribution in [0.1, 0.15) is 10.4 Å². The molecule has 1 aromatic heterocycles. The van der Waals surface area contributed by atoms with Gasteiger partial charge in [0.05, 0.1) is 12.8 Å². The molecule has 1 heterocycles. The topological polar surface area (TPSA) is 58.6 Å². The lowest BCUT2D eigenvalue weighted by Gasteiger charge is -2.06. The number of carbonyl (C=O) groups excluding carboxylic acids is 1. The fourth-order valence-corrected chi connectivity index (χ4v) is 1.96. The molecule has 88 valence electrons. The molecule has 0 saturated carbocycles. The highest BCUT2D eigenvalue weighted by Crippen LogP contribution is 2.26. The van der Waals surface area contributed by atoms with Crippen LogP contribution in [0.25, 0.3) is 0 Å². The van der Waals surface area contributed by atoms with Crippen molar-refractivity contribution in [2.75, 3.05) is 12.4 Å². The number of thiophene rings is 1. The van der Waals surface area contributed by atoms with E-state index < -0.39 is 0 Å². The smallest absolute Gasteiger partial charge is 0.255 e. The molecule has 5 heteroatoms. The SMILES string of the molecule is COc1ccc(C(=O)Nc2ccsc2)cc1O. The first kappa shape index (κ1) is 11.5. The van der Waals surface area contributed by atoms with Gasteiger partial charge in [-0.15, -0.1) is 0 Å². The lowest BCUT2D eigenvalue weighted by atomic mass is 10.2. The molecule has 0 atom stereocenters. The van der Waals surface area contributed by atoms with Gasteiger partial charge in [-0.05, 0) is 29.6 Å². The maximum absolute atomic E-state index is 11.8. The molecule has 2 N–H and O–H groups in total. The van der Waals surface area contributed by atoms with E-state index in [9.17, 15) is 9.90 Å². The number of carbonyl (C=O) groups is 1. The number of hydrogen-bond acceptors (Lipinski definition) is 4. The van der Waals surface area contributed by atoms with Crippen LogP contribution in [0.4, 0.5) is 5.69 Å². The summed E-state index contributed by atoms with van der Waals surface area (Å²) in [5.41, 5.74) is 1.13. The zero-order chi connectivity index (χ0) is 12.3. The van der Waals surface area contributed by atoms with Crippen molar-refractivity contribution >= 4 is 22.9 Å². The predicted octanol–water partition coefficient (Wildman–Crippen LogP) is 2.71. The van der Waals surface area contributed by atoms with Crippen LogP contribution >= 0.6 is 11.3 Å². The second kappa shape index (κ2) is 4.88. The summed E-state index contributed by atoms with van der Waals surface area (Å²) < 4.78 is 4.91. The van der Waals surface area contributed by atoms with E-state index in [-0.39, 0.29) is 11.7 Å². The second-order valence-electron chi connectivity index (χ2n) is 3.35. The average molecular weight is 249 g/mol. The highest BCUT2D eigenvalue weighted by molar-refractivity contribution is 7.08. The monoisotopic (exact) mass is 249 g/mol. The Morgan fingerprint density at radius 1 is 1.41 bits per heavy atom. The van der Waals surface area contributed by atoms with E-state index in [1.807, 2.05) is 16.8 Å². The van der Waals surface area contributed by atoms with Crippen LogP contribution in [-0.2, 0) is 0 Å². The zero-order valence-electron chi connectivity index (χ0n) is 9.14. The van der Waals surface area contributed by atoms with Gasteiger partial charge in [-0.1, -0.05) is 0 Å². The van der Waals surface area contributed by atoms with Crippen LogP contribution in [0.15, 0.2) is 35.0 Å². The van der Waals surface area contributed by atoms with Crippen molar-refractivity contribution in [3.05, 3.63) is 40.6 Å². The van der Waals surface area contributed by atoms with Crippen LogP contribution in [0.3, 0.4) is 0 Å². The van der Waals surface area contributed by atoms with Crippen molar-refractivity contribution in [2.45, 2.75) is 0 Å². The number of rotatable bonds is 3.